The van der Waals surface area contributed by atoms with Crippen molar-refractivity contribution in [3.63, 3.8) is 0 Å². The van der Waals surface area contributed by atoms with Crippen molar-refractivity contribution in [2.45, 2.75) is 33.1 Å². The molecule has 1 amide bonds. The van der Waals surface area contributed by atoms with E-state index in [9.17, 15) is 4.79 Å². The largest absolute Gasteiger partial charge is 0.349 e. The molecule has 0 unspecified atom stereocenters. The first-order valence-corrected chi connectivity index (χ1v) is 10.8. The predicted octanol–water partition coefficient (Wildman–Crippen LogP) is 3.71. The van der Waals surface area contributed by atoms with Crippen LogP contribution in [0, 0.1) is 13.8 Å². The summed E-state index contributed by atoms with van der Waals surface area (Å²) in [5, 5.41) is 7.94. The van der Waals surface area contributed by atoms with E-state index in [-0.39, 0.29) is 5.91 Å². The molecule has 0 saturated carbocycles. The van der Waals surface area contributed by atoms with Crippen LogP contribution in [-0.4, -0.2) is 51.3 Å². The fraction of sp³-hybridized carbons (Fsp3) is 0.417. The van der Waals surface area contributed by atoms with Gasteiger partial charge in [-0.15, -0.1) is 0 Å². The summed E-state index contributed by atoms with van der Waals surface area (Å²) in [6.07, 6.45) is 5.82. The SMILES string of the molecule is Cc1ccc(C)c(-n2nc(-c3cccn3C)cc2C(=O)NCCN2CCCCC2)c1. The molecule has 1 aliphatic rings. The molecular weight excluding hydrogens is 374 g/mol. The van der Waals surface area contributed by atoms with E-state index < -0.39 is 0 Å². The highest BCUT2D eigenvalue weighted by atomic mass is 16.2. The summed E-state index contributed by atoms with van der Waals surface area (Å²) in [5.74, 6) is -0.0825. The zero-order chi connectivity index (χ0) is 21.1. The highest BCUT2D eigenvalue weighted by Gasteiger charge is 2.20. The van der Waals surface area contributed by atoms with Crippen molar-refractivity contribution in [3.05, 3.63) is 59.4 Å². The molecule has 1 aliphatic heterocycles. The van der Waals surface area contributed by atoms with Crippen molar-refractivity contribution in [3.8, 4) is 17.1 Å². The van der Waals surface area contributed by atoms with Gasteiger partial charge in [0.25, 0.3) is 5.91 Å². The average molecular weight is 406 g/mol. The Bertz CT molecular complexity index is 1030. The van der Waals surface area contributed by atoms with E-state index >= 15 is 0 Å². The average Bonchev–Trinajstić information content (AvgIpc) is 3.36. The number of piperidine rings is 1. The van der Waals surface area contributed by atoms with E-state index in [1.165, 1.54) is 19.3 Å². The Kier molecular flexibility index (Phi) is 6.04. The normalized spacial score (nSPS) is 14.8. The quantitative estimate of drug-likeness (QED) is 0.680. The molecule has 4 rings (SSSR count). The van der Waals surface area contributed by atoms with Gasteiger partial charge in [-0.25, -0.2) is 4.68 Å². The second-order valence-electron chi connectivity index (χ2n) is 8.28. The predicted molar refractivity (Wildman–Crippen MR) is 120 cm³/mol. The number of hydrogen-bond donors (Lipinski definition) is 1. The molecule has 0 bridgehead atoms. The van der Waals surface area contributed by atoms with Crippen molar-refractivity contribution in [2.75, 3.05) is 26.2 Å². The Morgan fingerprint density at radius 3 is 2.63 bits per heavy atom. The van der Waals surface area contributed by atoms with E-state index in [0.717, 1.165) is 47.8 Å². The molecule has 158 valence electrons. The number of rotatable bonds is 6. The van der Waals surface area contributed by atoms with Crippen LogP contribution in [0.4, 0.5) is 0 Å². The number of carbonyl (C=O) groups excluding carboxylic acids is 1. The fourth-order valence-corrected chi connectivity index (χ4v) is 4.13. The van der Waals surface area contributed by atoms with Gasteiger partial charge in [-0.1, -0.05) is 18.6 Å². The summed E-state index contributed by atoms with van der Waals surface area (Å²) in [4.78, 5) is 15.6. The smallest absolute Gasteiger partial charge is 0.270 e. The van der Waals surface area contributed by atoms with E-state index in [1.807, 2.05) is 36.0 Å². The highest BCUT2D eigenvalue weighted by molar-refractivity contribution is 5.94. The van der Waals surface area contributed by atoms with Crippen molar-refractivity contribution in [1.29, 1.82) is 0 Å². The number of carbonyl (C=O) groups is 1. The standard InChI is InChI=1S/C24H31N5O/c1-18-9-10-19(2)22(16-18)29-23(17-20(26-29)21-8-7-12-27(21)3)24(30)25-11-15-28-13-5-4-6-14-28/h7-10,12,16-17H,4-6,11,13-15H2,1-3H3,(H,25,30). The number of aromatic nitrogens is 3. The van der Waals surface area contributed by atoms with Crippen LogP contribution in [0.1, 0.15) is 40.9 Å². The third kappa shape index (κ3) is 4.33. The minimum atomic E-state index is -0.0825. The van der Waals surface area contributed by atoms with Crippen molar-refractivity contribution in [1.82, 2.24) is 24.6 Å². The van der Waals surface area contributed by atoms with E-state index in [1.54, 1.807) is 4.68 Å². The third-order valence-corrected chi connectivity index (χ3v) is 5.90. The molecule has 1 fully saturated rings. The molecule has 2 aromatic heterocycles. The Morgan fingerprint density at radius 1 is 1.10 bits per heavy atom. The van der Waals surface area contributed by atoms with Crippen LogP contribution in [0.3, 0.4) is 0 Å². The van der Waals surface area contributed by atoms with Gasteiger partial charge in [-0.05, 0) is 75.2 Å². The van der Waals surface area contributed by atoms with Crippen LogP contribution in [0.25, 0.3) is 17.1 Å². The molecule has 30 heavy (non-hydrogen) atoms. The maximum Gasteiger partial charge on any atom is 0.270 e. The summed E-state index contributed by atoms with van der Waals surface area (Å²) in [7, 11) is 1.99. The van der Waals surface area contributed by atoms with Gasteiger partial charge in [0.1, 0.15) is 11.4 Å². The Hall–Kier alpha value is -2.86. The summed E-state index contributed by atoms with van der Waals surface area (Å²) >= 11 is 0. The minimum Gasteiger partial charge on any atom is -0.349 e. The van der Waals surface area contributed by atoms with Gasteiger partial charge < -0.3 is 14.8 Å². The number of amides is 1. The summed E-state index contributed by atoms with van der Waals surface area (Å²) in [6, 6.07) is 12.2. The summed E-state index contributed by atoms with van der Waals surface area (Å²) in [6.45, 7) is 7.92. The second-order valence-corrected chi connectivity index (χ2v) is 8.28. The minimum absolute atomic E-state index is 0.0825. The summed E-state index contributed by atoms with van der Waals surface area (Å²) in [5.41, 5.74) is 5.52. The topological polar surface area (TPSA) is 55.1 Å². The molecule has 0 atom stereocenters. The molecule has 0 spiro atoms. The van der Waals surface area contributed by atoms with Gasteiger partial charge in [0.05, 0.1) is 11.4 Å². The third-order valence-electron chi connectivity index (χ3n) is 5.90. The number of nitrogens with zero attached hydrogens (tertiary/aromatic N) is 4. The molecule has 0 radical (unpaired) electrons. The summed E-state index contributed by atoms with van der Waals surface area (Å²) < 4.78 is 3.81. The zero-order valence-corrected chi connectivity index (χ0v) is 18.2. The molecule has 1 saturated heterocycles. The first kappa shape index (κ1) is 20.4. The highest BCUT2D eigenvalue weighted by Crippen LogP contribution is 2.24. The number of nitrogens with one attached hydrogen (secondary N) is 1. The van der Waals surface area contributed by atoms with Crippen molar-refractivity contribution < 1.29 is 4.79 Å². The van der Waals surface area contributed by atoms with Gasteiger partial charge in [0.2, 0.25) is 0 Å². The lowest BCUT2D eigenvalue weighted by Gasteiger charge is -2.26. The van der Waals surface area contributed by atoms with Crippen LogP contribution in [-0.2, 0) is 7.05 Å². The monoisotopic (exact) mass is 405 g/mol. The van der Waals surface area contributed by atoms with Crippen molar-refractivity contribution >= 4 is 5.91 Å². The lowest BCUT2D eigenvalue weighted by Crippen LogP contribution is -2.38. The van der Waals surface area contributed by atoms with Gasteiger partial charge in [-0.3, -0.25) is 4.79 Å². The van der Waals surface area contributed by atoms with E-state index in [4.69, 9.17) is 5.10 Å². The zero-order valence-electron chi connectivity index (χ0n) is 18.2. The Morgan fingerprint density at radius 2 is 1.90 bits per heavy atom. The first-order valence-electron chi connectivity index (χ1n) is 10.8. The van der Waals surface area contributed by atoms with Gasteiger partial charge >= 0.3 is 0 Å². The molecule has 1 aromatic carbocycles. The lowest BCUT2D eigenvalue weighted by molar-refractivity contribution is 0.0939. The van der Waals surface area contributed by atoms with Crippen LogP contribution in [0.2, 0.25) is 0 Å². The van der Waals surface area contributed by atoms with Crippen LogP contribution in [0.5, 0.6) is 0 Å². The molecule has 6 heteroatoms. The fourth-order valence-electron chi connectivity index (χ4n) is 4.13. The maximum absolute atomic E-state index is 13.1. The van der Waals surface area contributed by atoms with Gasteiger partial charge in [0.15, 0.2) is 0 Å². The lowest BCUT2D eigenvalue weighted by atomic mass is 10.1. The number of aryl methyl sites for hydroxylation is 3. The maximum atomic E-state index is 13.1. The second kappa shape index (κ2) is 8.88. The van der Waals surface area contributed by atoms with Crippen LogP contribution >= 0.6 is 0 Å². The molecule has 6 nitrogen and oxygen atoms in total. The van der Waals surface area contributed by atoms with Gasteiger partial charge in [0, 0.05) is 26.3 Å². The first-order chi connectivity index (χ1) is 14.5. The van der Waals surface area contributed by atoms with Gasteiger partial charge in [-0.2, -0.15) is 5.10 Å². The van der Waals surface area contributed by atoms with E-state index in [2.05, 4.69) is 42.3 Å². The van der Waals surface area contributed by atoms with Crippen molar-refractivity contribution in [2.24, 2.45) is 7.05 Å². The van der Waals surface area contributed by atoms with Crippen LogP contribution in [0.15, 0.2) is 42.6 Å². The molecule has 3 aromatic rings. The van der Waals surface area contributed by atoms with Crippen LogP contribution < -0.4 is 5.32 Å². The number of benzene rings is 1. The Labute approximate surface area is 178 Å². The number of hydrogen-bond acceptors (Lipinski definition) is 3. The molecular formula is C24H31N5O. The van der Waals surface area contributed by atoms with E-state index in [0.29, 0.717) is 12.2 Å². The molecule has 0 aliphatic carbocycles. The Balaban J connectivity index is 1.61. The molecule has 1 N–H and O–H groups in total. The number of likely N-dealkylation sites (tertiary alicyclic amines) is 1. The molecule has 3 heterocycles.